The van der Waals surface area contributed by atoms with E-state index in [2.05, 4.69) is 25.1 Å². The van der Waals surface area contributed by atoms with E-state index in [1.165, 1.54) is 11.1 Å². The van der Waals surface area contributed by atoms with Crippen molar-refractivity contribution >= 4 is 0 Å². The molecule has 0 aliphatic carbocycles. The third-order valence-corrected chi connectivity index (χ3v) is 3.04. The Morgan fingerprint density at radius 3 is 2.53 bits per heavy atom. The highest BCUT2D eigenvalue weighted by Gasteiger charge is 2.08. The molecular formula is C17H20O2. The van der Waals surface area contributed by atoms with E-state index in [1.54, 1.807) is 0 Å². The van der Waals surface area contributed by atoms with E-state index in [4.69, 9.17) is 9.84 Å². The number of aliphatic hydroxyl groups excluding tert-OH is 1. The Morgan fingerprint density at radius 2 is 1.84 bits per heavy atom. The lowest BCUT2D eigenvalue weighted by molar-refractivity contribution is 0.129. The third-order valence-electron chi connectivity index (χ3n) is 3.04. The van der Waals surface area contributed by atoms with E-state index < -0.39 is 0 Å². The molecular weight excluding hydrogens is 236 g/mol. The SMILES string of the molecule is Cc1ccc(OC(C)CO)c(Cc2ccccc2)c1. The van der Waals surface area contributed by atoms with Gasteiger partial charge in [-0.2, -0.15) is 0 Å². The van der Waals surface area contributed by atoms with Crippen LogP contribution in [0.4, 0.5) is 0 Å². The van der Waals surface area contributed by atoms with Gasteiger partial charge in [-0.25, -0.2) is 0 Å². The number of aliphatic hydroxyl groups is 1. The molecule has 0 amide bonds. The van der Waals surface area contributed by atoms with Gasteiger partial charge in [-0.3, -0.25) is 0 Å². The van der Waals surface area contributed by atoms with Gasteiger partial charge in [-0.15, -0.1) is 0 Å². The number of aryl methyl sites for hydroxylation is 1. The van der Waals surface area contributed by atoms with Gasteiger partial charge >= 0.3 is 0 Å². The van der Waals surface area contributed by atoms with Gasteiger partial charge in [-0.05, 0) is 31.0 Å². The summed E-state index contributed by atoms with van der Waals surface area (Å²) in [5.41, 5.74) is 3.64. The van der Waals surface area contributed by atoms with Crippen LogP contribution in [0.15, 0.2) is 48.5 Å². The van der Waals surface area contributed by atoms with E-state index >= 15 is 0 Å². The molecule has 2 nitrogen and oxygen atoms in total. The average molecular weight is 256 g/mol. The quantitative estimate of drug-likeness (QED) is 0.889. The monoisotopic (exact) mass is 256 g/mol. The summed E-state index contributed by atoms with van der Waals surface area (Å²) in [5.74, 6) is 0.857. The van der Waals surface area contributed by atoms with E-state index in [0.717, 1.165) is 17.7 Å². The minimum absolute atomic E-state index is 0.0264. The van der Waals surface area contributed by atoms with Crippen LogP contribution in [-0.4, -0.2) is 17.8 Å². The molecule has 0 saturated heterocycles. The first-order chi connectivity index (χ1) is 9.19. The lowest BCUT2D eigenvalue weighted by atomic mass is 10.0. The Balaban J connectivity index is 2.24. The molecule has 1 atom stereocenters. The molecule has 1 unspecified atom stereocenters. The first-order valence-electron chi connectivity index (χ1n) is 6.60. The maximum Gasteiger partial charge on any atom is 0.123 e. The van der Waals surface area contributed by atoms with Crippen LogP contribution in [0.3, 0.4) is 0 Å². The third kappa shape index (κ3) is 3.83. The van der Waals surface area contributed by atoms with Gasteiger partial charge in [0.05, 0.1) is 6.61 Å². The van der Waals surface area contributed by atoms with Crippen LogP contribution in [0.1, 0.15) is 23.6 Å². The van der Waals surface area contributed by atoms with Gasteiger partial charge < -0.3 is 9.84 Å². The van der Waals surface area contributed by atoms with E-state index in [1.807, 2.05) is 37.3 Å². The summed E-state index contributed by atoms with van der Waals surface area (Å²) in [6.07, 6.45) is 0.660. The van der Waals surface area contributed by atoms with Crippen molar-refractivity contribution in [3.8, 4) is 5.75 Å². The number of benzene rings is 2. The minimum Gasteiger partial charge on any atom is -0.488 e. The van der Waals surface area contributed by atoms with Crippen LogP contribution in [0.2, 0.25) is 0 Å². The predicted molar refractivity (Wildman–Crippen MR) is 77.6 cm³/mol. The molecule has 19 heavy (non-hydrogen) atoms. The van der Waals surface area contributed by atoms with Crippen molar-refractivity contribution in [1.29, 1.82) is 0 Å². The smallest absolute Gasteiger partial charge is 0.123 e. The Morgan fingerprint density at radius 1 is 1.11 bits per heavy atom. The second-order valence-electron chi connectivity index (χ2n) is 4.88. The predicted octanol–water partition coefficient (Wildman–Crippen LogP) is 3.35. The summed E-state index contributed by atoms with van der Waals surface area (Å²) < 4.78 is 5.77. The fourth-order valence-electron chi connectivity index (χ4n) is 2.03. The molecule has 0 spiro atoms. The van der Waals surface area contributed by atoms with Gasteiger partial charge in [0.1, 0.15) is 11.9 Å². The van der Waals surface area contributed by atoms with Crippen molar-refractivity contribution in [2.75, 3.05) is 6.61 Å². The Bertz CT molecular complexity index is 520. The van der Waals surface area contributed by atoms with Gasteiger partial charge in [0, 0.05) is 6.42 Å². The van der Waals surface area contributed by atoms with E-state index in [0.29, 0.717) is 0 Å². The van der Waals surface area contributed by atoms with Crippen LogP contribution in [-0.2, 0) is 6.42 Å². The number of ether oxygens (including phenoxy) is 1. The minimum atomic E-state index is -0.183. The van der Waals surface area contributed by atoms with Crippen LogP contribution in [0.5, 0.6) is 5.75 Å². The largest absolute Gasteiger partial charge is 0.488 e. The summed E-state index contributed by atoms with van der Waals surface area (Å²) >= 11 is 0. The molecule has 0 heterocycles. The number of hydrogen-bond acceptors (Lipinski definition) is 2. The molecule has 0 aliphatic heterocycles. The summed E-state index contributed by atoms with van der Waals surface area (Å²) in [4.78, 5) is 0. The zero-order valence-electron chi connectivity index (χ0n) is 11.5. The standard InChI is InChI=1S/C17H20O2/c1-13-8-9-17(19-14(2)12-18)16(10-13)11-15-6-4-3-5-7-15/h3-10,14,18H,11-12H2,1-2H3. The number of rotatable bonds is 5. The van der Waals surface area contributed by atoms with Crippen LogP contribution in [0.25, 0.3) is 0 Å². The maximum atomic E-state index is 9.11. The second kappa shape index (κ2) is 6.39. The van der Waals surface area contributed by atoms with Gasteiger partial charge in [0.2, 0.25) is 0 Å². The maximum absolute atomic E-state index is 9.11. The molecule has 0 bridgehead atoms. The molecule has 0 aliphatic rings. The van der Waals surface area contributed by atoms with E-state index in [-0.39, 0.29) is 12.7 Å². The van der Waals surface area contributed by atoms with Crippen LogP contribution < -0.4 is 4.74 Å². The second-order valence-corrected chi connectivity index (χ2v) is 4.88. The summed E-state index contributed by atoms with van der Waals surface area (Å²) in [7, 11) is 0. The molecule has 0 fully saturated rings. The topological polar surface area (TPSA) is 29.5 Å². The molecule has 2 aromatic carbocycles. The first kappa shape index (κ1) is 13.6. The molecule has 2 aromatic rings. The molecule has 2 heteroatoms. The number of hydrogen-bond donors (Lipinski definition) is 1. The van der Waals surface area contributed by atoms with Crippen molar-refractivity contribution in [3.63, 3.8) is 0 Å². The Kier molecular flexibility index (Phi) is 4.58. The summed E-state index contributed by atoms with van der Waals surface area (Å²) in [6.45, 7) is 3.97. The van der Waals surface area contributed by atoms with Crippen molar-refractivity contribution in [2.45, 2.75) is 26.4 Å². The highest BCUT2D eigenvalue weighted by Crippen LogP contribution is 2.24. The average Bonchev–Trinajstić information content (AvgIpc) is 2.43. The molecule has 100 valence electrons. The zero-order chi connectivity index (χ0) is 13.7. The van der Waals surface area contributed by atoms with Crippen molar-refractivity contribution in [2.24, 2.45) is 0 Å². The lowest BCUT2D eigenvalue weighted by Crippen LogP contribution is -2.17. The summed E-state index contributed by atoms with van der Waals surface area (Å²) in [5, 5.41) is 9.11. The van der Waals surface area contributed by atoms with Gasteiger partial charge in [0.25, 0.3) is 0 Å². The molecule has 1 N–H and O–H groups in total. The van der Waals surface area contributed by atoms with Gasteiger partial charge in [-0.1, -0.05) is 48.0 Å². The van der Waals surface area contributed by atoms with Crippen molar-refractivity contribution < 1.29 is 9.84 Å². The molecule has 2 rings (SSSR count). The van der Waals surface area contributed by atoms with Crippen molar-refractivity contribution in [1.82, 2.24) is 0 Å². The highest BCUT2D eigenvalue weighted by atomic mass is 16.5. The molecule has 0 radical (unpaired) electrons. The first-order valence-corrected chi connectivity index (χ1v) is 6.60. The fourth-order valence-corrected chi connectivity index (χ4v) is 2.03. The lowest BCUT2D eigenvalue weighted by Gasteiger charge is -2.16. The Labute approximate surface area is 114 Å². The zero-order valence-corrected chi connectivity index (χ0v) is 11.5. The van der Waals surface area contributed by atoms with Crippen molar-refractivity contribution in [3.05, 3.63) is 65.2 Å². The molecule has 0 aromatic heterocycles. The highest BCUT2D eigenvalue weighted by molar-refractivity contribution is 5.40. The summed E-state index contributed by atoms with van der Waals surface area (Å²) in [6, 6.07) is 16.5. The molecule has 0 saturated carbocycles. The van der Waals surface area contributed by atoms with E-state index in [9.17, 15) is 0 Å². The fraction of sp³-hybridized carbons (Fsp3) is 0.294. The van der Waals surface area contributed by atoms with Crippen LogP contribution in [0, 0.1) is 6.92 Å². The normalized spacial score (nSPS) is 12.2. The Hall–Kier alpha value is -1.80. The van der Waals surface area contributed by atoms with Gasteiger partial charge in [0.15, 0.2) is 0 Å². The van der Waals surface area contributed by atoms with Crippen LogP contribution >= 0.6 is 0 Å².